The van der Waals surface area contributed by atoms with E-state index in [1.54, 1.807) is 7.11 Å². The number of carbonyl (C=O) groups is 1. The van der Waals surface area contributed by atoms with Gasteiger partial charge in [-0.3, -0.25) is 9.69 Å². The number of benzene rings is 2. The second kappa shape index (κ2) is 10.2. The molecule has 1 fully saturated rings. The first-order valence-corrected chi connectivity index (χ1v) is 10.0. The van der Waals surface area contributed by atoms with Gasteiger partial charge in [0.05, 0.1) is 19.8 Å². The second-order valence-electron chi connectivity index (χ2n) is 7.38. The molecule has 1 unspecified atom stereocenters. The summed E-state index contributed by atoms with van der Waals surface area (Å²) in [5.74, 6) is 1.17. The second-order valence-corrected chi connectivity index (χ2v) is 7.38. The Hall–Kier alpha value is -2.37. The van der Waals surface area contributed by atoms with Crippen LogP contribution in [0, 0.1) is 5.92 Å². The predicted octanol–water partition coefficient (Wildman–Crippen LogP) is 2.80. The number of hydrogen-bond donors (Lipinski definition) is 2. The Balaban J connectivity index is 1.38. The lowest BCUT2D eigenvalue weighted by Gasteiger charge is -2.34. The van der Waals surface area contributed by atoms with E-state index < -0.39 is 6.10 Å². The highest BCUT2D eigenvalue weighted by atomic mass is 16.5. The lowest BCUT2D eigenvalue weighted by molar-refractivity contribution is -0.122. The first kappa shape index (κ1) is 20.4. The number of hydrogen-bond acceptors (Lipinski definition) is 4. The number of amides is 1. The molecular formula is C23H30N2O3. The summed E-state index contributed by atoms with van der Waals surface area (Å²) in [5.41, 5.74) is 2.08. The summed E-state index contributed by atoms with van der Waals surface area (Å²) in [4.78, 5) is 14.4. The van der Waals surface area contributed by atoms with Gasteiger partial charge in [-0.1, -0.05) is 48.5 Å². The average Bonchev–Trinajstić information content (AvgIpc) is 2.75. The minimum absolute atomic E-state index is 0.0527. The quantitative estimate of drug-likeness (QED) is 0.737. The molecule has 2 aromatic rings. The molecule has 0 aromatic heterocycles. The molecule has 5 nitrogen and oxygen atoms in total. The number of ether oxygens (including phenoxy) is 1. The molecule has 0 saturated carbocycles. The van der Waals surface area contributed by atoms with Gasteiger partial charge in [-0.05, 0) is 55.5 Å². The van der Waals surface area contributed by atoms with Crippen molar-refractivity contribution in [3.63, 3.8) is 0 Å². The third-order valence-electron chi connectivity index (χ3n) is 5.50. The first-order chi connectivity index (χ1) is 13.7. The highest BCUT2D eigenvalue weighted by Gasteiger charge is 2.26. The molecule has 1 heterocycles. The topological polar surface area (TPSA) is 61.8 Å². The zero-order chi connectivity index (χ0) is 19.8. The fourth-order valence-electron chi connectivity index (χ4n) is 3.85. The summed E-state index contributed by atoms with van der Waals surface area (Å²) in [6, 6.07) is 17.7. The molecule has 0 bridgehead atoms. The van der Waals surface area contributed by atoms with Gasteiger partial charge in [-0.2, -0.15) is 0 Å². The van der Waals surface area contributed by atoms with Gasteiger partial charge >= 0.3 is 0 Å². The molecule has 2 aromatic carbocycles. The number of nitrogens with one attached hydrogen (secondary N) is 1. The van der Waals surface area contributed by atoms with E-state index in [0.717, 1.165) is 49.2 Å². The molecule has 0 aliphatic carbocycles. The smallest absolute Gasteiger partial charge is 0.234 e. The zero-order valence-corrected chi connectivity index (χ0v) is 16.5. The van der Waals surface area contributed by atoms with Crippen molar-refractivity contribution in [2.45, 2.75) is 25.4 Å². The van der Waals surface area contributed by atoms with Crippen LogP contribution in [0.25, 0.3) is 0 Å². The van der Waals surface area contributed by atoms with Crippen LogP contribution in [0.3, 0.4) is 0 Å². The Morgan fingerprint density at radius 1 is 1.14 bits per heavy atom. The number of nitrogens with zero attached hydrogens (tertiary/aromatic N) is 1. The van der Waals surface area contributed by atoms with Crippen molar-refractivity contribution >= 4 is 5.91 Å². The summed E-state index contributed by atoms with van der Waals surface area (Å²) in [6.07, 6.45) is 2.15. The van der Waals surface area contributed by atoms with Crippen molar-refractivity contribution in [1.29, 1.82) is 0 Å². The van der Waals surface area contributed by atoms with Crippen LogP contribution in [-0.4, -0.2) is 49.2 Å². The van der Waals surface area contributed by atoms with E-state index in [9.17, 15) is 9.90 Å². The summed E-state index contributed by atoms with van der Waals surface area (Å²) in [7, 11) is 1.66. The molecular weight excluding hydrogens is 352 g/mol. The van der Waals surface area contributed by atoms with Crippen LogP contribution >= 0.6 is 0 Å². The summed E-state index contributed by atoms with van der Waals surface area (Å²) < 4.78 is 5.34. The van der Waals surface area contributed by atoms with Crippen molar-refractivity contribution in [3.05, 3.63) is 65.7 Å². The molecule has 2 N–H and O–H groups in total. The third kappa shape index (κ3) is 5.57. The van der Waals surface area contributed by atoms with Crippen molar-refractivity contribution in [3.8, 4) is 5.75 Å². The Bertz CT molecular complexity index is 743. The predicted molar refractivity (Wildman–Crippen MR) is 110 cm³/mol. The zero-order valence-electron chi connectivity index (χ0n) is 16.5. The minimum Gasteiger partial charge on any atom is -0.496 e. The Morgan fingerprint density at radius 3 is 2.54 bits per heavy atom. The molecule has 5 heteroatoms. The molecule has 28 heavy (non-hydrogen) atoms. The van der Waals surface area contributed by atoms with Crippen LogP contribution in [0.4, 0.5) is 0 Å². The van der Waals surface area contributed by atoms with Gasteiger partial charge in [0, 0.05) is 6.54 Å². The van der Waals surface area contributed by atoms with Gasteiger partial charge in [-0.25, -0.2) is 0 Å². The highest BCUT2D eigenvalue weighted by molar-refractivity contribution is 5.78. The standard InChI is InChI=1S/C23H30N2O3/c1-28-21-10-6-5-7-18(21)11-14-24-22(26)17-25-15-12-20(13-16-25)23(27)19-8-3-2-4-9-19/h2-10,20,23,27H,11-17H2,1H3,(H,24,26). The van der Waals surface area contributed by atoms with Crippen molar-refractivity contribution < 1.29 is 14.6 Å². The van der Waals surface area contributed by atoms with Crippen LogP contribution in [0.2, 0.25) is 0 Å². The van der Waals surface area contributed by atoms with Crippen LogP contribution in [0.15, 0.2) is 54.6 Å². The average molecular weight is 383 g/mol. The Kier molecular flexibility index (Phi) is 7.46. The van der Waals surface area contributed by atoms with Crippen LogP contribution in [0.5, 0.6) is 5.75 Å². The molecule has 1 amide bonds. The largest absolute Gasteiger partial charge is 0.496 e. The maximum Gasteiger partial charge on any atom is 0.234 e. The van der Waals surface area contributed by atoms with Gasteiger partial charge in [0.25, 0.3) is 0 Å². The van der Waals surface area contributed by atoms with E-state index in [2.05, 4.69) is 10.2 Å². The van der Waals surface area contributed by atoms with E-state index in [4.69, 9.17) is 4.74 Å². The fourth-order valence-corrected chi connectivity index (χ4v) is 3.85. The van der Waals surface area contributed by atoms with Crippen LogP contribution in [0.1, 0.15) is 30.1 Å². The molecule has 1 aliphatic heterocycles. The summed E-state index contributed by atoms with van der Waals surface area (Å²) in [5, 5.41) is 13.6. The summed E-state index contributed by atoms with van der Waals surface area (Å²) in [6.45, 7) is 2.70. The number of piperidine rings is 1. The third-order valence-corrected chi connectivity index (χ3v) is 5.50. The van der Waals surface area contributed by atoms with Crippen molar-refractivity contribution in [1.82, 2.24) is 10.2 Å². The SMILES string of the molecule is COc1ccccc1CCNC(=O)CN1CCC(C(O)c2ccccc2)CC1. The van der Waals surface area contributed by atoms with Crippen LogP contribution in [-0.2, 0) is 11.2 Å². The Labute approximate surface area is 167 Å². The van der Waals surface area contributed by atoms with Gasteiger partial charge in [-0.15, -0.1) is 0 Å². The number of likely N-dealkylation sites (tertiary alicyclic amines) is 1. The number of aliphatic hydroxyl groups excluding tert-OH is 1. The molecule has 0 radical (unpaired) electrons. The van der Waals surface area contributed by atoms with Crippen molar-refractivity contribution in [2.75, 3.05) is 33.3 Å². The molecule has 0 spiro atoms. The van der Waals surface area contributed by atoms with E-state index in [0.29, 0.717) is 13.1 Å². The number of para-hydroxylation sites is 1. The minimum atomic E-state index is -0.418. The first-order valence-electron chi connectivity index (χ1n) is 10.0. The molecule has 1 aliphatic rings. The Morgan fingerprint density at radius 2 is 1.82 bits per heavy atom. The number of carbonyl (C=O) groups excluding carboxylic acids is 1. The lowest BCUT2D eigenvalue weighted by Crippen LogP contribution is -2.42. The van der Waals surface area contributed by atoms with Gasteiger partial charge in [0.2, 0.25) is 5.91 Å². The van der Waals surface area contributed by atoms with Gasteiger partial charge < -0.3 is 15.2 Å². The maximum atomic E-state index is 12.3. The van der Waals surface area contributed by atoms with Crippen molar-refractivity contribution in [2.24, 2.45) is 5.92 Å². The molecule has 1 saturated heterocycles. The summed E-state index contributed by atoms with van der Waals surface area (Å²) >= 11 is 0. The van der Waals surface area contributed by atoms with E-state index in [1.165, 1.54) is 0 Å². The molecule has 150 valence electrons. The molecule has 3 rings (SSSR count). The van der Waals surface area contributed by atoms with E-state index in [-0.39, 0.29) is 11.8 Å². The highest BCUT2D eigenvalue weighted by Crippen LogP contribution is 2.30. The maximum absolute atomic E-state index is 12.3. The monoisotopic (exact) mass is 382 g/mol. The van der Waals surface area contributed by atoms with Gasteiger partial charge in [0.15, 0.2) is 0 Å². The lowest BCUT2D eigenvalue weighted by atomic mass is 9.87. The normalized spacial score (nSPS) is 16.5. The van der Waals surface area contributed by atoms with E-state index >= 15 is 0 Å². The van der Waals surface area contributed by atoms with Crippen LogP contribution < -0.4 is 10.1 Å². The number of aliphatic hydroxyl groups is 1. The fraction of sp³-hybridized carbons (Fsp3) is 0.435. The van der Waals surface area contributed by atoms with E-state index in [1.807, 2.05) is 54.6 Å². The number of methoxy groups -OCH3 is 1. The van der Waals surface area contributed by atoms with Gasteiger partial charge in [0.1, 0.15) is 5.75 Å². The number of rotatable bonds is 8. The molecule has 1 atom stereocenters.